The maximum atomic E-state index is 8.66. The Labute approximate surface area is 123 Å². The first-order valence-corrected chi connectivity index (χ1v) is 7.43. The number of nitrogens with one attached hydrogen (secondary N) is 1. The van der Waals surface area contributed by atoms with E-state index in [1.165, 1.54) is 11.5 Å². The van der Waals surface area contributed by atoms with Gasteiger partial charge in [-0.15, -0.1) is 5.10 Å². The van der Waals surface area contributed by atoms with E-state index in [0.29, 0.717) is 6.42 Å². The van der Waals surface area contributed by atoms with Gasteiger partial charge in [0.1, 0.15) is 5.69 Å². The first-order chi connectivity index (χ1) is 9.61. The average molecular weight is 286 g/mol. The van der Waals surface area contributed by atoms with E-state index in [4.69, 9.17) is 5.26 Å². The van der Waals surface area contributed by atoms with Gasteiger partial charge >= 0.3 is 0 Å². The Kier molecular flexibility index (Phi) is 4.70. The maximum Gasteiger partial charge on any atom is 0.105 e. The minimum atomic E-state index is 0.118. The quantitative estimate of drug-likeness (QED) is 0.873. The van der Waals surface area contributed by atoms with Gasteiger partial charge in [0.2, 0.25) is 0 Å². The molecule has 2 aromatic rings. The van der Waals surface area contributed by atoms with Gasteiger partial charge in [0.15, 0.2) is 0 Å². The molecule has 0 aliphatic heterocycles. The fourth-order valence-electron chi connectivity index (χ4n) is 1.87. The van der Waals surface area contributed by atoms with Crippen LogP contribution in [0, 0.1) is 16.7 Å². The molecule has 0 unspecified atom stereocenters. The number of rotatable bonds is 6. The van der Waals surface area contributed by atoms with Crippen LogP contribution in [0.5, 0.6) is 0 Å². The van der Waals surface area contributed by atoms with Crippen LogP contribution in [0.15, 0.2) is 29.6 Å². The number of hydrogen-bond donors (Lipinski definition) is 1. The van der Waals surface area contributed by atoms with Crippen molar-refractivity contribution in [3.05, 3.63) is 29.6 Å². The summed E-state index contributed by atoms with van der Waals surface area (Å²) in [5.74, 6) is 0. The lowest BCUT2D eigenvalue weighted by Gasteiger charge is -2.24. The first kappa shape index (κ1) is 14.5. The minimum Gasteiger partial charge on any atom is -0.385 e. The minimum absolute atomic E-state index is 0.118. The predicted molar refractivity (Wildman–Crippen MR) is 82.5 cm³/mol. The molecule has 1 N–H and O–H groups in total. The van der Waals surface area contributed by atoms with Crippen molar-refractivity contribution >= 4 is 17.2 Å². The highest BCUT2D eigenvalue weighted by Gasteiger charge is 2.16. The second kappa shape index (κ2) is 6.49. The standard InChI is InChI=1S/C15H18N4S/c1-15(2,8-3-9-16)11-17-13-6-4-12(5-7-13)14-10-20-19-18-14/h4-7,10,17H,3,8,11H2,1-2H3. The van der Waals surface area contributed by atoms with Crippen molar-refractivity contribution in [1.29, 1.82) is 5.26 Å². The third-order valence-corrected chi connectivity index (χ3v) is 3.73. The molecule has 0 fully saturated rings. The van der Waals surface area contributed by atoms with Gasteiger partial charge in [-0.1, -0.05) is 30.5 Å². The smallest absolute Gasteiger partial charge is 0.105 e. The third-order valence-electron chi connectivity index (χ3n) is 3.23. The highest BCUT2D eigenvalue weighted by Crippen LogP contribution is 2.24. The zero-order chi connectivity index (χ0) is 14.4. The van der Waals surface area contributed by atoms with Crippen LogP contribution >= 0.6 is 11.5 Å². The molecule has 0 radical (unpaired) electrons. The third kappa shape index (κ3) is 4.04. The van der Waals surface area contributed by atoms with Gasteiger partial charge in [-0.3, -0.25) is 0 Å². The van der Waals surface area contributed by atoms with Crippen molar-refractivity contribution in [2.75, 3.05) is 11.9 Å². The van der Waals surface area contributed by atoms with Crippen LogP contribution in [-0.4, -0.2) is 16.1 Å². The monoisotopic (exact) mass is 286 g/mol. The number of nitrogens with zero attached hydrogens (tertiary/aromatic N) is 3. The summed E-state index contributed by atoms with van der Waals surface area (Å²) in [4.78, 5) is 0. The van der Waals surface area contributed by atoms with Crippen LogP contribution in [0.2, 0.25) is 0 Å². The van der Waals surface area contributed by atoms with Crippen molar-refractivity contribution in [3.8, 4) is 17.3 Å². The van der Waals surface area contributed by atoms with E-state index >= 15 is 0 Å². The Bertz CT molecular complexity index is 567. The zero-order valence-corrected chi connectivity index (χ0v) is 12.6. The van der Waals surface area contributed by atoms with Crippen LogP contribution in [0.25, 0.3) is 11.3 Å². The molecule has 0 bridgehead atoms. The molecule has 1 aromatic carbocycles. The molecule has 0 amide bonds. The van der Waals surface area contributed by atoms with Gasteiger partial charge in [0, 0.05) is 29.6 Å². The van der Waals surface area contributed by atoms with Crippen molar-refractivity contribution in [1.82, 2.24) is 9.59 Å². The SMILES string of the molecule is CC(C)(CCC#N)CNc1ccc(-c2csnn2)cc1. The van der Waals surface area contributed by atoms with Crippen molar-refractivity contribution in [2.24, 2.45) is 5.41 Å². The maximum absolute atomic E-state index is 8.66. The molecule has 0 saturated heterocycles. The summed E-state index contributed by atoms with van der Waals surface area (Å²) in [7, 11) is 0. The number of benzene rings is 1. The van der Waals surface area contributed by atoms with Gasteiger partial charge in [0.25, 0.3) is 0 Å². The molecule has 1 heterocycles. The van der Waals surface area contributed by atoms with Crippen molar-refractivity contribution in [2.45, 2.75) is 26.7 Å². The lowest BCUT2D eigenvalue weighted by Crippen LogP contribution is -2.22. The summed E-state index contributed by atoms with van der Waals surface area (Å²) in [5, 5.41) is 18.1. The number of anilines is 1. The number of hydrogen-bond acceptors (Lipinski definition) is 5. The predicted octanol–water partition coefficient (Wildman–Crippen LogP) is 3.95. The molecule has 4 nitrogen and oxygen atoms in total. The summed E-state index contributed by atoms with van der Waals surface area (Å²) < 4.78 is 3.87. The Morgan fingerprint density at radius 2 is 2.05 bits per heavy atom. The summed E-state index contributed by atoms with van der Waals surface area (Å²) in [6.45, 7) is 5.20. The van der Waals surface area contributed by atoms with E-state index in [-0.39, 0.29) is 5.41 Å². The lowest BCUT2D eigenvalue weighted by molar-refractivity contribution is 0.364. The van der Waals surface area contributed by atoms with Crippen molar-refractivity contribution < 1.29 is 0 Å². The molecule has 2 rings (SSSR count). The second-order valence-electron chi connectivity index (χ2n) is 5.54. The molecular weight excluding hydrogens is 268 g/mol. The summed E-state index contributed by atoms with van der Waals surface area (Å²) in [6, 6.07) is 10.4. The fraction of sp³-hybridized carbons (Fsp3) is 0.400. The molecule has 5 heteroatoms. The van der Waals surface area contributed by atoms with E-state index in [9.17, 15) is 0 Å². The highest BCUT2D eigenvalue weighted by molar-refractivity contribution is 7.03. The van der Waals surface area contributed by atoms with Crippen molar-refractivity contribution in [3.63, 3.8) is 0 Å². The van der Waals surface area contributed by atoms with Gasteiger partial charge in [0.05, 0.1) is 6.07 Å². The van der Waals surface area contributed by atoms with E-state index in [1.54, 1.807) is 0 Å². The van der Waals surface area contributed by atoms with E-state index in [2.05, 4.69) is 47.0 Å². The Balaban J connectivity index is 1.93. The summed E-state index contributed by atoms with van der Waals surface area (Å²) in [6.07, 6.45) is 1.50. The average Bonchev–Trinajstić information content (AvgIpc) is 2.98. The molecule has 0 spiro atoms. The molecule has 0 aliphatic carbocycles. The van der Waals surface area contributed by atoms with E-state index in [0.717, 1.165) is 29.9 Å². The molecule has 0 saturated carbocycles. The van der Waals surface area contributed by atoms with Crippen LogP contribution in [0.4, 0.5) is 5.69 Å². The summed E-state index contributed by atoms with van der Waals surface area (Å²) in [5.41, 5.74) is 3.19. The fourth-order valence-corrected chi connectivity index (χ4v) is 2.34. The van der Waals surface area contributed by atoms with Gasteiger partial charge in [-0.05, 0) is 35.5 Å². The second-order valence-corrected chi connectivity index (χ2v) is 6.15. The Morgan fingerprint density at radius 1 is 1.30 bits per heavy atom. The highest BCUT2D eigenvalue weighted by atomic mass is 32.1. The van der Waals surface area contributed by atoms with E-state index in [1.807, 2.05) is 17.5 Å². The molecule has 0 aliphatic rings. The van der Waals surface area contributed by atoms with Crippen LogP contribution < -0.4 is 5.32 Å². The largest absolute Gasteiger partial charge is 0.385 e. The van der Waals surface area contributed by atoms with Gasteiger partial charge in [-0.25, -0.2) is 0 Å². The normalized spacial score (nSPS) is 11.1. The van der Waals surface area contributed by atoms with E-state index < -0.39 is 0 Å². The molecule has 0 atom stereocenters. The van der Waals surface area contributed by atoms with Crippen LogP contribution in [0.1, 0.15) is 26.7 Å². The Morgan fingerprint density at radius 3 is 2.65 bits per heavy atom. The van der Waals surface area contributed by atoms with Gasteiger partial charge < -0.3 is 5.32 Å². The topological polar surface area (TPSA) is 61.6 Å². The molecule has 1 aromatic heterocycles. The summed E-state index contributed by atoms with van der Waals surface area (Å²) >= 11 is 1.36. The Hall–Kier alpha value is -1.93. The number of aromatic nitrogens is 2. The molecule has 20 heavy (non-hydrogen) atoms. The first-order valence-electron chi connectivity index (χ1n) is 6.59. The number of nitriles is 1. The zero-order valence-electron chi connectivity index (χ0n) is 11.8. The molecular formula is C15H18N4S. The lowest BCUT2D eigenvalue weighted by atomic mass is 9.88. The van der Waals surface area contributed by atoms with Crippen LogP contribution in [-0.2, 0) is 0 Å². The van der Waals surface area contributed by atoms with Gasteiger partial charge in [-0.2, -0.15) is 5.26 Å². The molecule has 104 valence electrons. The van der Waals surface area contributed by atoms with Crippen LogP contribution in [0.3, 0.4) is 0 Å².